The van der Waals surface area contributed by atoms with Gasteiger partial charge in [-0.3, -0.25) is 4.72 Å². The fourth-order valence-corrected chi connectivity index (χ4v) is 5.52. The van der Waals surface area contributed by atoms with Gasteiger partial charge in [0.05, 0.1) is 6.61 Å². The Kier molecular flexibility index (Phi) is 6.89. The van der Waals surface area contributed by atoms with E-state index in [0.29, 0.717) is 17.6 Å². The first-order valence-corrected chi connectivity index (χ1v) is 12.3. The molecule has 170 valence electrons. The summed E-state index contributed by atoms with van der Waals surface area (Å²) in [6, 6.07) is 8.90. The molecule has 0 bridgehead atoms. The van der Waals surface area contributed by atoms with Crippen LogP contribution in [0.5, 0.6) is 5.75 Å². The smallest absolute Gasteiger partial charge is 0.266 e. The van der Waals surface area contributed by atoms with Crippen molar-refractivity contribution in [3.63, 3.8) is 0 Å². The third-order valence-electron chi connectivity index (χ3n) is 5.22. The Morgan fingerprint density at radius 3 is 2.72 bits per heavy atom. The molecular formula is C20H19ClF2N4O3S2. The quantitative estimate of drug-likeness (QED) is 0.508. The van der Waals surface area contributed by atoms with E-state index >= 15 is 0 Å². The second kappa shape index (κ2) is 9.65. The van der Waals surface area contributed by atoms with Crippen LogP contribution in [-0.4, -0.2) is 37.5 Å². The SMILES string of the molecule is O=S(=O)(Nc1ncns1)c1cc(F)c(OC[C@H]2CNCCC2c2ccc(Cl)cc2)cc1F. The van der Waals surface area contributed by atoms with Crippen LogP contribution in [0.25, 0.3) is 0 Å². The van der Waals surface area contributed by atoms with Gasteiger partial charge in [0.15, 0.2) is 11.6 Å². The molecule has 1 aromatic heterocycles. The van der Waals surface area contributed by atoms with Crippen molar-refractivity contribution in [2.24, 2.45) is 5.92 Å². The minimum Gasteiger partial charge on any atom is -0.490 e. The van der Waals surface area contributed by atoms with Crippen molar-refractivity contribution in [2.75, 3.05) is 24.4 Å². The number of hydrogen-bond donors (Lipinski definition) is 2. The van der Waals surface area contributed by atoms with Crippen LogP contribution in [0.15, 0.2) is 47.6 Å². The van der Waals surface area contributed by atoms with E-state index in [0.717, 1.165) is 42.5 Å². The Bertz CT molecular complexity index is 1180. The minimum absolute atomic E-state index is 0.00913. The van der Waals surface area contributed by atoms with Gasteiger partial charge in [0.2, 0.25) is 5.13 Å². The number of nitrogens with one attached hydrogen (secondary N) is 2. The number of nitrogens with zero attached hydrogens (tertiary/aromatic N) is 2. The molecule has 1 aliphatic rings. The average Bonchev–Trinajstić information content (AvgIpc) is 3.27. The third kappa shape index (κ3) is 5.17. The normalized spacial score (nSPS) is 19.0. The third-order valence-corrected chi connectivity index (χ3v) is 7.53. The maximum Gasteiger partial charge on any atom is 0.266 e. The molecule has 0 aliphatic carbocycles. The second-order valence-electron chi connectivity index (χ2n) is 7.29. The van der Waals surface area contributed by atoms with Crippen molar-refractivity contribution in [1.82, 2.24) is 14.7 Å². The summed E-state index contributed by atoms with van der Waals surface area (Å²) in [6.07, 6.45) is 2.01. The number of benzene rings is 2. The molecule has 1 unspecified atom stereocenters. The molecule has 32 heavy (non-hydrogen) atoms. The molecule has 12 heteroatoms. The van der Waals surface area contributed by atoms with Crippen LogP contribution < -0.4 is 14.8 Å². The van der Waals surface area contributed by atoms with Crippen LogP contribution in [0.2, 0.25) is 5.02 Å². The molecule has 2 N–H and O–H groups in total. The molecule has 2 atom stereocenters. The lowest BCUT2D eigenvalue weighted by Gasteiger charge is -2.32. The van der Waals surface area contributed by atoms with Crippen LogP contribution in [0.4, 0.5) is 13.9 Å². The molecule has 0 saturated carbocycles. The van der Waals surface area contributed by atoms with Gasteiger partial charge >= 0.3 is 0 Å². The molecule has 7 nitrogen and oxygen atoms in total. The lowest BCUT2D eigenvalue weighted by Crippen LogP contribution is -2.38. The summed E-state index contributed by atoms with van der Waals surface area (Å²) in [5.41, 5.74) is 1.10. The Hall–Kier alpha value is -2.34. The largest absolute Gasteiger partial charge is 0.490 e. The van der Waals surface area contributed by atoms with E-state index in [1.54, 1.807) is 0 Å². The molecule has 1 fully saturated rings. The summed E-state index contributed by atoms with van der Waals surface area (Å²) in [5.74, 6) is -2.28. The summed E-state index contributed by atoms with van der Waals surface area (Å²) in [7, 11) is -4.37. The number of piperidine rings is 1. The van der Waals surface area contributed by atoms with Crippen molar-refractivity contribution >= 4 is 38.3 Å². The molecule has 4 rings (SSSR count). The predicted molar refractivity (Wildman–Crippen MR) is 118 cm³/mol. The Labute approximate surface area is 193 Å². The van der Waals surface area contributed by atoms with E-state index in [1.165, 1.54) is 0 Å². The van der Waals surface area contributed by atoms with Gasteiger partial charge in [0.1, 0.15) is 17.0 Å². The molecule has 3 aromatic rings. The maximum absolute atomic E-state index is 14.6. The van der Waals surface area contributed by atoms with Gasteiger partial charge in [-0.1, -0.05) is 23.7 Å². The van der Waals surface area contributed by atoms with Gasteiger partial charge in [0, 0.05) is 41.2 Å². The van der Waals surface area contributed by atoms with Crippen LogP contribution in [-0.2, 0) is 10.0 Å². The van der Waals surface area contributed by atoms with E-state index in [2.05, 4.69) is 19.4 Å². The van der Waals surface area contributed by atoms with Crippen LogP contribution in [0.1, 0.15) is 17.9 Å². The predicted octanol–water partition coefficient (Wildman–Crippen LogP) is 4.04. The summed E-state index contributed by atoms with van der Waals surface area (Å²) in [5, 5.41) is 3.88. The van der Waals surface area contributed by atoms with Crippen LogP contribution in [0, 0.1) is 17.6 Å². The van der Waals surface area contributed by atoms with Gasteiger partial charge in [-0.2, -0.15) is 4.37 Å². The van der Waals surface area contributed by atoms with Gasteiger partial charge in [0.25, 0.3) is 10.0 Å². The zero-order valence-corrected chi connectivity index (χ0v) is 19.0. The molecule has 0 spiro atoms. The van der Waals surface area contributed by atoms with Gasteiger partial charge in [-0.25, -0.2) is 22.2 Å². The monoisotopic (exact) mass is 500 g/mol. The van der Waals surface area contributed by atoms with Crippen molar-refractivity contribution in [3.8, 4) is 5.75 Å². The van der Waals surface area contributed by atoms with Crippen molar-refractivity contribution in [2.45, 2.75) is 17.2 Å². The van der Waals surface area contributed by atoms with E-state index in [9.17, 15) is 17.2 Å². The first-order chi connectivity index (χ1) is 15.3. The zero-order chi connectivity index (χ0) is 22.7. The van der Waals surface area contributed by atoms with Crippen molar-refractivity contribution in [1.29, 1.82) is 0 Å². The first kappa shape index (κ1) is 22.8. The molecule has 0 radical (unpaired) electrons. The topological polar surface area (TPSA) is 93.2 Å². The Morgan fingerprint density at radius 2 is 2.00 bits per heavy atom. The number of hydrogen-bond acceptors (Lipinski definition) is 7. The van der Waals surface area contributed by atoms with Gasteiger partial charge in [-0.15, -0.1) is 0 Å². The maximum atomic E-state index is 14.6. The molecule has 0 amide bonds. The highest BCUT2D eigenvalue weighted by atomic mass is 35.5. The van der Waals surface area contributed by atoms with Crippen molar-refractivity contribution < 1.29 is 21.9 Å². The number of ether oxygens (including phenoxy) is 1. The lowest BCUT2D eigenvalue weighted by molar-refractivity contribution is 0.190. The van der Waals surface area contributed by atoms with Gasteiger partial charge in [-0.05, 0) is 36.6 Å². The standard InChI is InChI=1S/C20H19ClF2N4O3S2/c21-14-3-1-12(2-4-14)15-5-6-24-9-13(15)10-30-18-7-17(23)19(8-16(18)22)32(28,29)27-20-25-11-26-31-20/h1-4,7-8,11,13,15,24H,5-6,9-10H2,(H,25,26,27)/t13-,15?/m1/s1. The minimum atomic E-state index is -4.37. The molecule has 1 saturated heterocycles. The number of anilines is 1. The van der Waals surface area contributed by atoms with Crippen LogP contribution in [0.3, 0.4) is 0 Å². The second-order valence-corrected chi connectivity index (χ2v) is 10.2. The average molecular weight is 501 g/mol. The first-order valence-electron chi connectivity index (χ1n) is 9.71. The summed E-state index contributed by atoms with van der Waals surface area (Å²) in [6.45, 7) is 1.61. The summed E-state index contributed by atoms with van der Waals surface area (Å²) in [4.78, 5) is 2.84. The molecule has 2 aromatic carbocycles. The number of aromatic nitrogens is 2. The Morgan fingerprint density at radius 1 is 1.22 bits per heavy atom. The van der Waals surface area contributed by atoms with E-state index in [-0.39, 0.29) is 29.3 Å². The molecule has 2 heterocycles. The number of sulfonamides is 1. The van der Waals surface area contributed by atoms with Gasteiger partial charge < -0.3 is 10.1 Å². The van der Waals surface area contributed by atoms with E-state index < -0.39 is 26.6 Å². The zero-order valence-electron chi connectivity index (χ0n) is 16.6. The van der Waals surface area contributed by atoms with Crippen LogP contribution >= 0.6 is 23.1 Å². The van der Waals surface area contributed by atoms with E-state index in [1.807, 2.05) is 24.3 Å². The number of halogens is 3. The highest BCUT2D eigenvalue weighted by Gasteiger charge is 2.28. The van der Waals surface area contributed by atoms with Crippen molar-refractivity contribution in [3.05, 3.63) is 64.9 Å². The molecule has 1 aliphatic heterocycles. The highest BCUT2D eigenvalue weighted by Crippen LogP contribution is 2.33. The highest BCUT2D eigenvalue weighted by molar-refractivity contribution is 7.93. The fraction of sp³-hybridized carbons (Fsp3) is 0.300. The number of rotatable bonds is 7. The summed E-state index contributed by atoms with van der Waals surface area (Å²) < 4.78 is 65.3. The Balaban J connectivity index is 1.49. The fourth-order valence-electron chi connectivity index (χ4n) is 3.66. The van der Waals surface area contributed by atoms with E-state index in [4.69, 9.17) is 16.3 Å². The lowest BCUT2D eigenvalue weighted by atomic mass is 9.81. The molecular weight excluding hydrogens is 482 g/mol. The summed E-state index contributed by atoms with van der Waals surface area (Å²) >= 11 is 6.75.